The summed E-state index contributed by atoms with van der Waals surface area (Å²) >= 11 is 5.81. The van der Waals surface area contributed by atoms with Crippen LogP contribution in [0.2, 0.25) is 5.02 Å². The zero-order valence-electron chi connectivity index (χ0n) is 12.1. The summed E-state index contributed by atoms with van der Waals surface area (Å²) in [6, 6.07) is 19.6. The molecule has 0 atom stereocenters. The lowest BCUT2D eigenvalue weighted by molar-refractivity contribution is 0.102. The van der Waals surface area contributed by atoms with Gasteiger partial charge < -0.3 is 10.1 Å². The largest absolute Gasteiger partial charge is 0.439 e. The number of amides is 1. The van der Waals surface area contributed by atoms with Crippen molar-refractivity contribution >= 4 is 23.2 Å². The molecule has 0 saturated heterocycles. The molecule has 0 radical (unpaired) electrons. The summed E-state index contributed by atoms with van der Waals surface area (Å²) in [6.45, 7) is 0. The van der Waals surface area contributed by atoms with Gasteiger partial charge in [-0.05, 0) is 42.5 Å². The van der Waals surface area contributed by atoms with Gasteiger partial charge in [0.25, 0.3) is 5.91 Å². The maximum Gasteiger partial charge on any atom is 0.257 e. The predicted molar refractivity (Wildman–Crippen MR) is 90.2 cm³/mol. The molecule has 3 rings (SSSR count). The monoisotopic (exact) mass is 324 g/mol. The summed E-state index contributed by atoms with van der Waals surface area (Å²) in [5.74, 6) is 0.878. The van der Waals surface area contributed by atoms with E-state index in [2.05, 4.69) is 10.3 Å². The molecule has 0 bridgehead atoms. The maximum atomic E-state index is 12.1. The number of aromatic nitrogens is 1. The van der Waals surface area contributed by atoms with Crippen molar-refractivity contribution in [3.63, 3.8) is 0 Å². The fourth-order valence-corrected chi connectivity index (χ4v) is 2.05. The van der Waals surface area contributed by atoms with Gasteiger partial charge in [0.2, 0.25) is 5.88 Å². The summed E-state index contributed by atoms with van der Waals surface area (Å²) in [5.41, 5.74) is 1.12. The van der Waals surface area contributed by atoms with E-state index >= 15 is 0 Å². The summed E-state index contributed by atoms with van der Waals surface area (Å²) < 4.78 is 5.59. The molecule has 114 valence electrons. The highest BCUT2D eigenvalue weighted by atomic mass is 35.5. The summed E-state index contributed by atoms with van der Waals surface area (Å²) in [7, 11) is 0. The van der Waals surface area contributed by atoms with Gasteiger partial charge in [-0.3, -0.25) is 4.79 Å². The predicted octanol–water partition coefficient (Wildman–Crippen LogP) is 4.78. The quantitative estimate of drug-likeness (QED) is 0.751. The molecule has 1 amide bonds. The lowest BCUT2D eigenvalue weighted by Gasteiger charge is -2.07. The van der Waals surface area contributed by atoms with Gasteiger partial charge in [-0.2, -0.15) is 0 Å². The average molecular weight is 325 g/mol. The molecule has 3 aromatic rings. The third-order valence-electron chi connectivity index (χ3n) is 3.07. The number of rotatable bonds is 4. The van der Waals surface area contributed by atoms with Gasteiger partial charge >= 0.3 is 0 Å². The highest BCUT2D eigenvalue weighted by molar-refractivity contribution is 6.30. The van der Waals surface area contributed by atoms with Crippen molar-refractivity contribution in [1.29, 1.82) is 0 Å². The van der Waals surface area contributed by atoms with Crippen molar-refractivity contribution in [2.45, 2.75) is 0 Å². The molecule has 2 aromatic carbocycles. The number of anilines is 1. The molecule has 0 aliphatic rings. The molecule has 0 fully saturated rings. The molecule has 0 unspecified atom stereocenters. The highest BCUT2D eigenvalue weighted by Crippen LogP contribution is 2.19. The van der Waals surface area contributed by atoms with Crippen molar-refractivity contribution in [2.24, 2.45) is 0 Å². The Morgan fingerprint density at radius 1 is 0.957 bits per heavy atom. The number of carbonyl (C=O) groups excluding carboxylic acids is 1. The van der Waals surface area contributed by atoms with E-state index in [1.165, 1.54) is 6.20 Å². The molecule has 4 nitrogen and oxygen atoms in total. The maximum absolute atomic E-state index is 12.1. The molecule has 0 aliphatic heterocycles. The first-order chi connectivity index (χ1) is 11.2. The van der Waals surface area contributed by atoms with Crippen molar-refractivity contribution in [2.75, 3.05) is 5.32 Å². The van der Waals surface area contributed by atoms with Gasteiger partial charge in [0.15, 0.2) is 0 Å². The molecule has 1 N–H and O–H groups in total. The van der Waals surface area contributed by atoms with Gasteiger partial charge in [0, 0.05) is 23.0 Å². The number of carbonyl (C=O) groups is 1. The van der Waals surface area contributed by atoms with Gasteiger partial charge in [0.1, 0.15) is 5.75 Å². The first kappa shape index (κ1) is 15.1. The molecule has 0 saturated carbocycles. The fourth-order valence-electron chi connectivity index (χ4n) is 1.92. The number of benzene rings is 2. The Bertz CT molecular complexity index is 788. The Balaban J connectivity index is 1.66. The van der Waals surface area contributed by atoms with Crippen LogP contribution in [0.3, 0.4) is 0 Å². The van der Waals surface area contributed by atoms with Crippen LogP contribution in [-0.2, 0) is 0 Å². The topological polar surface area (TPSA) is 51.2 Å². The van der Waals surface area contributed by atoms with Gasteiger partial charge in [-0.25, -0.2) is 4.98 Å². The van der Waals surface area contributed by atoms with Crippen LogP contribution in [0.25, 0.3) is 0 Å². The first-order valence-electron chi connectivity index (χ1n) is 6.96. The van der Waals surface area contributed by atoms with Crippen LogP contribution in [-0.4, -0.2) is 10.9 Å². The SMILES string of the molecule is O=C(Nc1ccc(Cl)cc1)c1ccc(Oc2ccccc2)nc1. The van der Waals surface area contributed by atoms with E-state index in [1.807, 2.05) is 30.3 Å². The van der Waals surface area contributed by atoms with Gasteiger partial charge in [-0.15, -0.1) is 0 Å². The van der Waals surface area contributed by atoms with Crippen LogP contribution in [0.1, 0.15) is 10.4 Å². The number of hydrogen-bond donors (Lipinski definition) is 1. The Kier molecular flexibility index (Phi) is 4.54. The number of pyridine rings is 1. The molecular formula is C18H13ClN2O2. The van der Waals surface area contributed by atoms with Crippen LogP contribution in [0, 0.1) is 0 Å². The van der Waals surface area contributed by atoms with E-state index in [4.69, 9.17) is 16.3 Å². The van der Waals surface area contributed by atoms with Crippen LogP contribution < -0.4 is 10.1 Å². The minimum absolute atomic E-state index is 0.244. The van der Waals surface area contributed by atoms with E-state index in [0.717, 1.165) is 0 Å². The zero-order valence-corrected chi connectivity index (χ0v) is 12.8. The Morgan fingerprint density at radius 3 is 2.35 bits per heavy atom. The standard InChI is InChI=1S/C18H13ClN2O2/c19-14-7-9-15(10-8-14)21-18(22)13-6-11-17(20-12-13)23-16-4-2-1-3-5-16/h1-12H,(H,21,22). The minimum Gasteiger partial charge on any atom is -0.439 e. The lowest BCUT2D eigenvalue weighted by Crippen LogP contribution is -2.12. The number of para-hydroxylation sites is 1. The van der Waals surface area contributed by atoms with Gasteiger partial charge in [0.05, 0.1) is 5.56 Å². The second-order valence-electron chi connectivity index (χ2n) is 4.76. The van der Waals surface area contributed by atoms with Crippen molar-refractivity contribution in [1.82, 2.24) is 4.98 Å². The fraction of sp³-hybridized carbons (Fsp3) is 0. The molecule has 1 aromatic heterocycles. The summed E-state index contributed by atoms with van der Waals surface area (Å²) in [4.78, 5) is 16.3. The second-order valence-corrected chi connectivity index (χ2v) is 5.20. The van der Waals surface area contributed by atoms with Gasteiger partial charge in [-0.1, -0.05) is 29.8 Å². The van der Waals surface area contributed by atoms with Crippen LogP contribution in [0.5, 0.6) is 11.6 Å². The number of hydrogen-bond acceptors (Lipinski definition) is 3. The van der Waals surface area contributed by atoms with E-state index in [0.29, 0.717) is 27.9 Å². The second kappa shape index (κ2) is 6.94. The molecule has 5 heteroatoms. The summed E-state index contributed by atoms with van der Waals surface area (Å²) in [5, 5.41) is 3.39. The van der Waals surface area contributed by atoms with Crippen molar-refractivity contribution < 1.29 is 9.53 Å². The third kappa shape index (κ3) is 4.08. The Hall–Kier alpha value is -2.85. The van der Waals surface area contributed by atoms with Crippen molar-refractivity contribution in [3.05, 3.63) is 83.5 Å². The zero-order chi connectivity index (χ0) is 16.1. The lowest BCUT2D eigenvalue weighted by atomic mass is 10.2. The molecular weight excluding hydrogens is 312 g/mol. The molecule has 23 heavy (non-hydrogen) atoms. The number of nitrogens with zero attached hydrogens (tertiary/aromatic N) is 1. The van der Waals surface area contributed by atoms with Crippen LogP contribution >= 0.6 is 11.6 Å². The third-order valence-corrected chi connectivity index (χ3v) is 3.32. The van der Waals surface area contributed by atoms with E-state index in [1.54, 1.807) is 36.4 Å². The smallest absolute Gasteiger partial charge is 0.257 e. The van der Waals surface area contributed by atoms with Crippen LogP contribution in [0.15, 0.2) is 72.9 Å². The minimum atomic E-state index is -0.244. The van der Waals surface area contributed by atoms with Crippen molar-refractivity contribution in [3.8, 4) is 11.6 Å². The normalized spacial score (nSPS) is 10.1. The number of halogens is 1. The summed E-state index contributed by atoms with van der Waals surface area (Å²) in [6.07, 6.45) is 1.48. The van der Waals surface area contributed by atoms with E-state index < -0.39 is 0 Å². The van der Waals surface area contributed by atoms with E-state index in [-0.39, 0.29) is 5.91 Å². The molecule has 0 spiro atoms. The molecule has 1 heterocycles. The van der Waals surface area contributed by atoms with E-state index in [9.17, 15) is 4.79 Å². The first-order valence-corrected chi connectivity index (χ1v) is 7.34. The Morgan fingerprint density at radius 2 is 1.70 bits per heavy atom. The number of ether oxygens (including phenoxy) is 1. The molecule has 0 aliphatic carbocycles. The van der Waals surface area contributed by atoms with Crippen LogP contribution in [0.4, 0.5) is 5.69 Å². The average Bonchev–Trinajstić information content (AvgIpc) is 2.58. The Labute approximate surface area is 138 Å². The number of nitrogens with one attached hydrogen (secondary N) is 1. The highest BCUT2D eigenvalue weighted by Gasteiger charge is 2.07.